The molecule has 1 aliphatic carbocycles. The molecule has 0 bridgehead atoms. The second-order valence-corrected chi connectivity index (χ2v) is 10.6. The molecule has 2 amide bonds. The summed E-state index contributed by atoms with van der Waals surface area (Å²) in [5, 5.41) is 0. The summed E-state index contributed by atoms with van der Waals surface area (Å²) in [6.45, 7) is 3.77. The minimum Gasteiger partial charge on any atom is -0.280 e. The van der Waals surface area contributed by atoms with E-state index >= 15 is 0 Å². The maximum absolute atomic E-state index is 12.6. The van der Waals surface area contributed by atoms with Crippen LogP contribution in [0.15, 0.2) is 53.4 Å². The largest absolute Gasteiger partial charge is 0.280 e. The van der Waals surface area contributed by atoms with Crippen molar-refractivity contribution < 1.29 is 18.0 Å². The first-order valence-corrected chi connectivity index (χ1v) is 12.5. The van der Waals surface area contributed by atoms with E-state index < -0.39 is 15.9 Å². The van der Waals surface area contributed by atoms with Gasteiger partial charge in [-0.15, -0.1) is 11.3 Å². The number of carbonyl (C=O) groups is 2. The molecule has 1 aliphatic rings. The number of nitrogens with one attached hydrogen (secondary N) is 3. The van der Waals surface area contributed by atoms with Crippen LogP contribution in [0.4, 0.5) is 5.69 Å². The average Bonchev–Trinajstić information content (AvgIpc) is 3.36. The molecule has 7 nitrogen and oxygen atoms in total. The molecule has 0 unspecified atom stereocenters. The van der Waals surface area contributed by atoms with Crippen molar-refractivity contribution in [2.24, 2.45) is 0 Å². The zero-order chi connectivity index (χ0) is 22.9. The lowest BCUT2D eigenvalue weighted by molar-refractivity contribution is 0.0849. The van der Waals surface area contributed by atoms with Crippen LogP contribution >= 0.6 is 11.3 Å². The normalized spacial score (nSPS) is 12.8. The van der Waals surface area contributed by atoms with Gasteiger partial charge in [-0.05, 0) is 92.3 Å². The molecule has 0 saturated heterocycles. The van der Waals surface area contributed by atoms with Crippen molar-refractivity contribution in [3.05, 3.63) is 80.5 Å². The summed E-state index contributed by atoms with van der Waals surface area (Å²) in [5.74, 6) is -0.846. The minimum absolute atomic E-state index is 0.171. The fourth-order valence-electron chi connectivity index (χ4n) is 3.47. The molecule has 0 spiro atoms. The maximum Gasteiger partial charge on any atom is 0.279 e. The summed E-state index contributed by atoms with van der Waals surface area (Å²) >= 11 is 1.46. The first kappa shape index (κ1) is 22.0. The van der Waals surface area contributed by atoms with Gasteiger partial charge in [0.25, 0.3) is 21.8 Å². The van der Waals surface area contributed by atoms with Gasteiger partial charge >= 0.3 is 0 Å². The van der Waals surface area contributed by atoms with Gasteiger partial charge in [-0.2, -0.15) is 0 Å². The van der Waals surface area contributed by atoms with Gasteiger partial charge in [0.2, 0.25) is 0 Å². The highest BCUT2D eigenvalue weighted by atomic mass is 32.2. The Kier molecular flexibility index (Phi) is 6.03. The second kappa shape index (κ2) is 8.76. The predicted molar refractivity (Wildman–Crippen MR) is 124 cm³/mol. The minimum atomic E-state index is -3.74. The van der Waals surface area contributed by atoms with E-state index in [0.717, 1.165) is 30.4 Å². The fraction of sp³-hybridized carbons (Fsp3) is 0.217. The molecule has 0 saturated carbocycles. The zero-order valence-corrected chi connectivity index (χ0v) is 19.3. The van der Waals surface area contributed by atoms with E-state index in [4.69, 9.17) is 0 Å². The highest BCUT2D eigenvalue weighted by Gasteiger charge is 2.19. The molecule has 4 rings (SSSR count). The van der Waals surface area contributed by atoms with Crippen LogP contribution in [-0.4, -0.2) is 20.2 Å². The Morgan fingerprint density at radius 1 is 0.875 bits per heavy atom. The summed E-state index contributed by atoms with van der Waals surface area (Å²) in [6, 6.07) is 12.8. The predicted octanol–water partition coefficient (Wildman–Crippen LogP) is 3.73. The molecule has 3 N–H and O–H groups in total. The van der Waals surface area contributed by atoms with Crippen LogP contribution in [0.5, 0.6) is 0 Å². The molecule has 1 aromatic heterocycles. The smallest absolute Gasteiger partial charge is 0.279 e. The van der Waals surface area contributed by atoms with Crippen LogP contribution in [0.1, 0.15) is 48.0 Å². The number of aryl methyl sites for hydroxylation is 4. The molecule has 0 fully saturated rings. The number of rotatable bonds is 5. The van der Waals surface area contributed by atoms with Crippen molar-refractivity contribution >= 4 is 38.9 Å². The van der Waals surface area contributed by atoms with Gasteiger partial charge in [0, 0.05) is 16.1 Å². The SMILES string of the molecule is Cc1ccc(S(=O)(=O)Nc2ccc(C(=O)NNC(=O)c3cc4c(s3)CCC4)cc2)cc1C. The fourth-order valence-corrected chi connectivity index (χ4v) is 5.77. The number of hydrogen-bond donors (Lipinski definition) is 3. The first-order chi connectivity index (χ1) is 15.2. The number of thiophene rings is 1. The third-order valence-electron chi connectivity index (χ3n) is 5.45. The van der Waals surface area contributed by atoms with E-state index in [1.54, 1.807) is 18.2 Å². The van der Waals surface area contributed by atoms with E-state index in [-0.39, 0.29) is 16.4 Å². The van der Waals surface area contributed by atoms with E-state index in [2.05, 4.69) is 15.6 Å². The zero-order valence-electron chi connectivity index (χ0n) is 17.7. The molecule has 0 aliphatic heterocycles. The van der Waals surface area contributed by atoms with Crippen molar-refractivity contribution in [3.63, 3.8) is 0 Å². The molecule has 32 heavy (non-hydrogen) atoms. The first-order valence-electron chi connectivity index (χ1n) is 10.2. The lowest BCUT2D eigenvalue weighted by Crippen LogP contribution is -2.41. The standard InChI is InChI=1S/C23H23N3O4S2/c1-14-6-11-19(12-15(14)2)32(29,30)26-18-9-7-16(8-10-18)22(27)24-25-23(28)21-13-17-4-3-5-20(17)31-21/h6-13,26H,3-5H2,1-2H3,(H,24,27)(H,25,28). The van der Waals surface area contributed by atoms with Crippen LogP contribution in [-0.2, 0) is 22.9 Å². The number of sulfonamides is 1. The van der Waals surface area contributed by atoms with E-state index in [9.17, 15) is 18.0 Å². The summed E-state index contributed by atoms with van der Waals surface area (Å²) in [4.78, 5) is 26.6. The summed E-state index contributed by atoms with van der Waals surface area (Å²) < 4.78 is 27.7. The van der Waals surface area contributed by atoms with Crippen molar-refractivity contribution in [3.8, 4) is 0 Å². The van der Waals surface area contributed by atoms with E-state index in [1.165, 1.54) is 46.0 Å². The van der Waals surface area contributed by atoms with Crippen molar-refractivity contribution in [2.75, 3.05) is 4.72 Å². The quantitative estimate of drug-likeness (QED) is 0.495. The van der Waals surface area contributed by atoms with Gasteiger partial charge in [-0.25, -0.2) is 8.42 Å². The molecule has 9 heteroatoms. The van der Waals surface area contributed by atoms with Gasteiger partial charge in [0.05, 0.1) is 9.77 Å². The van der Waals surface area contributed by atoms with Crippen LogP contribution in [0, 0.1) is 13.8 Å². The number of amides is 2. The van der Waals surface area contributed by atoms with Crippen molar-refractivity contribution in [2.45, 2.75) is 38.0 Å². The third-order valence-corrected chi connectivity index (χ3v) is 8.06. The number of benzene rings is 2. The van der Waals surface area contributed by atoms with Crippen molar-refractivity contribution in [1.29, 1.82) is 0 Å². The Morgan fingerprint density at radius 2 is 1.59 bits per heavy atom. The van der Waals surface area contributed by atoms with Gasteiger partial charge in [-0.3, -0.25) is 25.2 Å². The van der Waals surface area contributed by atoms with Crippen LogP contribution in [0.2, 0.25) is 0 Å². The van der Waals surface area contributed by atoms with Crippen molar-refractivity contribution in [1.82, 2.24) is 10.9 Å². The maximum atomic E-state index is 12.6. The number of carbonyl (C=O) groups excluding carboxylic acids is 2. The number of hydrazine groups is 1. The Morgan fingerprint density at radius 3 is 2.28 bits per heavy atom. The number of fused-ring (bicyclic) bond motifs is 1. The summed E-state index contributed by atoms with van der Waals surface area (Å²) in [6.07, 6.45) is 3.11. The van der Waals surface area contributed by atoms with Gasteiger partial charge < -0.3 is 0 Å². The lowest BCUT2D eigenvalue weighted by Gasteiger charge is -2.11. The molecule has 1 heterocycles. The molecule has 2 aromatic carbocycles. The molecular weight excluding hydrogens is 446 g/mol. The Balaban J connectivity index is 1.36. The summed E-state index contributed by atoms with van der Waals surface area (Å²) in [5.41, 5.74) is 8.55. The highest BCUT2D eigenvalue weighted by Crippen LogP contribution is 2.30. The Bertz CT molecular complexity index is 1270. The number of hydrogen-bond acceptors (Lipinski definition) is 5. The molecule has 0 radical (unpaired) electrons. The third kappa shape index (κ3) is 4.68. The molecule has 0 atom stereocenters. The lowest BCUT2D eigenvalue weighted by atomic mass is 10.1. The Labute approximate surface area is 190 Å². The van der Waals surface area contributed by atoms with Gasteiger partial charge in [0.15, 0.2) is 0 Å². The monoisotopic (exact) mass is 469 g/mol. The topological polar surface area (TPSA) is 104 Å². The molecular formula is C23H23N3O4S2. The van der Waals surface area contributed by atoms with Gasteiger partial charge in [0.1, 0.15) is 0 Å². The van der Waals surface area contributed by atoms with E-state index in [0.29, 0.717) is 10.6 Å². The number of anilines is 1. The van der Waals surface area contributed by atoms with Crippen LogP contribution in [0.25, 0.3) is 0 Å². The average molecular weight is 470 g/mol. The van der Waals surface area contributed by atoms with Crippen LogP contribution in [0.3, 0.4) is 0 Å². The van der Waals surface area contributed by atoms with Gasteiger partial charge in [-0.1, -0.05) is 6.07 Å². The molecule has 3 aromatic rings. The molecule has 166 valence electrons. The second-order valence-electron chi connectivity index (χ2n) is 7.75. The van der Waals surface area contributed by atoms with E-state index in [1.807, 2.05) is 19.9 Å². The Hall–Kier alpha value is -3.17. The van der Waals surface area contributed by atoms with Crippen LogP contribution < -0.4 is 15.6 Å². The summed E-state index contributed by atoms with van der Waals surface area (Å²) in [7, 11) is -3.74. The highest BCUT2D eigenvalue weighted by molar-refractivity contribution is 7.92.